The molecule has 4 rings (SSSR count). The van der Waals surface area contributed by atoms with Crippen LogP contribution in [0.3, 0.4) is 0 Å². The summed E-state index contributed by atoms with van der Waals surface area (Å²) in [6.07, 6.45) is 6.35. The molecule has 1 saturated heterocycles. The molecule has 0 aromatic carbocycles. The van der Waals surface area contributed by atoms with Crippen molar-refractivity contribution in [1.82, 2.24) is 9.62 Å². The number of carbonyl (C=O) groups excluding carboxylic acids is 1. The molecule has 2 aromatic rings. The number of nitrogens with one attached hydrogen (secondary N) is 1. The fourth-order valence-corrected chi connectivity index (χ4v) is 7.25. The van der Waals surface area contributed by atoms with Crippen LogP contribution in [0.5, 0.6) is 0 Å². The highest BCUT2D eigenvalue weighted by Crippen LogP contribution is 2.31. The minimum absolute atomic E-state index is 0.133. The number of rotatable bonds is 5. The summed E-state index contributed by atoms with van der Waals surface area (Å²) >= 11 is 2.80. The number of sulfonamides is 1. The molecule has 0 spiro atoms. The number of amides is 1. The van der Waals surface area contributed by atoms with E-state index in [-0.39, 0.29) is 11.8 Å². The zero-order valence-corrected chi connectivity index (χ0v) is 17.6. The van der Waals surface area contributed by atoms with E-state index in [1.807, 2.05) is 4.90 Å². The maximum Gasteiger partial charge on any atom is 0.264 e. The maximum atomic E-state index is 13.1. The first-order valence-corrected chi connectivity index (χ1v) is 12.7. The summed E-state index contributed by atoms with van der Waals surface area (Å²) in [5.41, 5.74) is 2.61. The summed E-state index contributed by atoms with van der Waals surface area (Å²) in [7, 11) is -3.44. The van der Waals surface area contributed by atoms with E-state index in [0.717, 1.165) is 43.5 Å². The first kappa shape index (κ1) is 19.1. The number of piperidine rings is 1. The largest absolute Gasteiger partial charge is 0.338 e. The molecule has 1 aliphatic carbocycles. The molecule has 0 bridgehead atoms. The lowest BCUT2D eigenvalue weighted by Gasteiger charge is -2.33. The van der Waals surface area contributed by atoms with E-state index in [2.05, 4.69) is 10.1 Å². The number of hydrogen-bond acceptors (Lipinski definition) is 5. The summed E-state index contributed by atoms with van der Waals surface area (Å²) in [5, 5.41) is 3.91. The average Bonchev–Trinajstić information content (AvgIpc) is 3.36. The number of fused-ring (bicyclic) bond motifs is 1. The van der Waals surface area contributed by atoms with E-state index >= 15 is 0 Å². The third-order valence-electron chi connectivity index (χ3n) is 5.43. The fourth-order valence-electron chi connectivity index (χ4n) is 3.97. The third-order valence-corrected chi connectivity index (χ3v) is 9.31. The van der Waals surface area contributed by atoms with Crippen LogP contribution in [0.15, 0.2) is 27.1 Å². The second kappa shape index (κ2) is 8.03. The Morgan fingerprint density at radius 3 is 2.89 bits per heavy atom. The molecule has 2 aliphatic rings. The van der Waals surface area contributed by atoms with Crippen LogP contribution in [0, 0.1) is 5.92 Å². The molecule has 8 heteroatoms. The molecular weight excluding hydrogens is 400 g/mol. The third kappa shape index (κ3) is 4.13. The predicted octanol–water partition coefficient (Wildman–Crippen LogP) is 3.52. The summed E-state index contributed by atoms with van der Waals surface area (Å²) in [6.45, 7) is 1.77. The van der Waals surface area contributed by atoms with E-state index in [0.29, 0.717) is 17.3 Å². The van der Waals surface area contributed by atoms with Gasteiger partial charge in [0.2, 0.25) is 10.0 Å². The molecule has 1 amide bonds. The molecule has 0 saturated carbocycles. The lowest BCUT2D eigenvalue weighted by atomic mass is 9.93. The highest BCUT2D eigenvalue weighted by molar-refractivity contribution is 7.91. The molecule has 5 nitrogen and oxygen atoms in total. The number of nitrogens with zero attached hydrogens (tertiary/aromatic N) is 1. The Morgan fingerprint density at radius 1 is 1.22 bits per heavy atom. The van der Waals surface area contributed by atoms with Gasteiger partial charge in [-0.25, -0.2) is 13.1 Å². The minimum atomic E-state index is -3.44. The molecule has 1 atom stereocenters. The van der Waals surface area contributed by atoms with E-state index in [4.69, 9.17) is 0 Å². The van der Waals surface area contributed by atoms with Crippen LogP contribution in [0.4, 0.5) is 0 Å². The number of likely N-dealkylation sites (tertiary alicyclic amines) is 1. The van der Waals surface area contributed by atoms with Crippen LogP contribution in [-0.4, -0.2) is 38.9 Å². The zero-order chi connectivity index (χ0) is 18.9. The Kier molecular flexibility index (Phi) is 5.68. The Morgan fingerprint density at radius 2 is 2.07 bits per heavy atom. The van der Waals surface area contributed by atoms with Crippen molar-refractivity contribution in [2.45, 2.75) is 42.7 Å². The van der Waals surface area contributed by atoms with E-state index < -0.39 is 10.0 Å². The number of aryl methyl sites for hydroxylation is 1. The number of carbonyl (C=O) groups is 1. The van der Waals surface area contributed by atoms with Gasteiger partial charge in [0, 0.05) is 19.6 Å². The average molecular weight is 425 g/mol. The topological polar surface area (TPSA) is 66.5 Å². The van der Waals surface area contributed by atoms with Crippen molar-refractivity contribution in [3.63, 3.8) is 0 Å². The van der Waals surface area contributed by atoms with E-state index in [1.54, 1.807) is 28.8 Å². The van der Waals surface area contributed by atoms with E-state index in [1.165, 1.54) is 28.9 Å². The van der Waals surface area contributed by atoms with E-state index in [9.17, 15) is 13.2 Å². The van der Waals surface area contributed by atoms with Crippen LogP contribution in [0.25, 0.3) is 0 Å². The van der Waals surface area contributed by atoms with Gasteiger partial charge in [-0.3, -0.25) is 4.79 Å². The normalized spacial score (nSPS) is 20.4. The van der Waals surface area contributed by atoms with Crippen molar-refractivity contribution >= 4 is 38.6 Å². The lowest BCUT2D eigenvalue weighted by Crippen LogP contribution is -2.43. The van der Waals surface area contributed by atoms with Crippen molar-refractivity contribution < 1.29 is 13.2 Å². The van der Waals surface area contributed by atoms with Crippen LogP contribution in [-0.2, 0) is 22.9 Å². The van der Waals surface area contributed by atoms with Crippen molar-refractivity contribution in [1.29, 1.82) is 0 Å². The Bertz CT molecular complexity index is 903. The molecule has 0 radical (unpaired) electrons. The molecule has 1 N–H and O–H groups in total. The van der Waals surface area contributed by atoms with Gasteiger partial charge in [-0.15, -0.1) is 22.7 Å². The highest BCUT2D eigenvalue weighted by atomic mass is 32.2. The SMILES string of the molecule is O=C(c1scc2c1CCCC2)N1CCCC(CNS(=O)(=O)c2cccs2)C1. The molecule has 2 aromatic heterocycles. The van der Waals surface area contributed by atoms with Gasteiger partial charge in [0.05, 0.1) is 4.88 Å². The van der Waals surface area contributed by atoms with Crippen LogP contribution in [0.1, 0.15) is 46.5 Å². The summed E-state index contributed by atoms with van der Waals surface area (Å²) < 4.78 is 27.7. The minimum Gasteiger partial charge on any atom is -0.338 e. The Labute approximate surface area is 168 Å². The van der Waals surface area contributed by atoms with Gasteiger partial charge in [-0.2, -0.15) is 0 Å². The second-order valence-electron chi connectivity index (χ2n) is 7.32. The Balaban J connectivity index is 1.39. The first-order chi connectivity index (χ1) is 13.0. The Hall–Kier alpha value is -1.22. The lowest BCUT2D eigenvalue weighted by molar-refractivity contribution is 0.0680. The predicted molar refractivity (Wildman–Crippen MR) is 109 cm³/mol. The van der Waals surface area contributed by atoms with Gasteiger partial charge in [0.1, 0.15) is 4.21 Å². The highest BCUT2D eigenvalue weighted by Gasteiger charge is 2.29. The standard InChI is InChI=1S/C19H24N2O3S3/c22-19(18-16-7-2-1-6-15(16)13-26-18)21-9-3-5-14(12-21)11-20-27(23,24)17-8-4-10-25-17/h4,8,10,13-14,20H,1-3,5-7,9,11-12H2. The summed E-state index contributed by atoms with van der Waals surface area (Å²) in [4.78, 5) is 15.9. The van der Waals surface area contributed by atoms with Gasteiger partial charge in [0.25, 0.3) is 5.91 Å². The van der Waals surface area contributed by atoms with Crippen LogP contribution in [0.2, 0.25) is 0 Å². The molecule has 1 fully saturated rings. The number of thiophene rings is 2. The van der Waals surface area contributed by atoms with Crippen molar-refractivity contribution in [2.24, 2.45) is 5.92 Å². The first-order valence-electron chi connectivity index (χ1n) is 9.46. The van der Waals surface area contributed by atoms with Crippen molar-refractivity contribution in [2.75, 3.05) is 19.6 Å². The number of hydrogen-bond donors (Lipinski definition) is 1. The second-order valence-corrected chi connectivity index (χ2v) is 11.1. The summed E-state index contributed by atoms with van der Waals surface area (Å²) in [6, 6.07) is 3.35. The fraction of sp³-hybridized carbons (Fsp3) is 0.526. The van der Waals surface area contributed by atoms with Crippen LogP contribution < -0.4 is 4.72 Å². The van der Waals surface area contributed by atoms with Crippen LogP contribution >= 0.6 is 22.7 Å². The monoisotopic (exact) mass is 424 g/mol. The van der Waals surface area contributed by atoms with Gasteiger partial charge < -0.3 is 4.90 Å². The smallest absolute Gasteiger partial charge is 0.264 e. The summed E-state index contributed by atoms with van der Waals surface area (Å²) in [5.74, 6) is 0.294. The molecular formula is C19H24N2O3S3. The molecule has 1 unspecified atom stereocenters. The quantitative estimate of drug-likeness (QED) is 0.799. The molecule has 1 aliphatic heterocycles. The van der Waals surface area contributed by atoms with Gasteiger partial charge >= 0.3 is 0 Å². The van der Waals surface area contributed by atoms with Crippen molar-refractivity contribution in [3.8, 4) is 0 Å². The van der Waals surface area contributed by atoms with Gasteiger partial charge in [0.15, 0.2) is 0 Å². The van der Waals surface area contributed by atoms with Gasteiger partial charge in [-0.1, -0.05) is 6.07 Å². The molecule has 3 heterocycles. The molecule has 27 heavy (non-hydrogen) atoms. The van der Waals surface area contributed by atoms with Crippen molar-refractivity contribution in [3.05, 3.63) is 38.9 Å². The zero-order valence-electron chi connectivity index (χ0n) is 15.1. The maximum absolute atomic E-state index is 13.1. The van der Waals surface area contributed by atoms with Gasteiger partial charge in [-0.05, 0) is 72.4 Å². The molecule has 146 valence electrons.